The predicted molar refractivity (Wildman–Crippen MR) is 62.7 cm³/mol. The molecule has 0 saturated carbocycles. The van der Waals surface area contributed by atoms with Crippen LogP contribution in [0, 0.1) is 0 Å². The van der Waals surface area contributed by atoms with Crippen molar-refractivity contribution >= 4 is 27.3 Å². The Morgan fingerprint density at radius 3 is 3.14 bits per heavy atom. The lowest BCUT2D eigenvalue weighted by Crippen LogP contribution is -2.42. The van der Waals surface area contributed by atoms with Gasteiger partial charge >= 0.3 is 0 Å². The van der Waals surface area contributed by atoms with Crippen molar-refractivity contribution in [2.45, 2.75) is 19.5 Å². The summed E-state index contributed by atoms with van der Waals surface area (Å²) in [6, 6.07) is 4.85. The van der Waals surface area contributed by atoms with Crippen LogP contribution in [0.15, 0.2) is 15.9 Å². The second-order valence-electron chi connectivity index (χ2n) is 3.60. The van der Waals surface area contributed by atoms with Gasteiger partial charge in [-0.1, -0.05) is 0 Å². The second-order valence-corrected chi connectivity index (χ2v) is 6.15. The molecule has 0 N–H and O–H groups in total. The molecular formula is C10H14BrNOS. The van der Waals surface area contributed by atoms with Gasteiger partial charge in [0, 0.05) is 24.0 Å². The Morgan fingerprint density at radius 1 is 1.64 bits per heavy atom. The van der Waals surface area contributed by atoms with E-state index < -0.39 is 0 Å². The summed E-state index contributed by atoms with van der Waals surface area (Å²) < 4.78 is 6.62. The average molecular weight is 276 g/mol. The van der Waals surface area contributed by atoms with E-state index in [0.29, 0.717) is 6.04 Å². The van der Waals surface area contributed by atoms with Crippen molar-refractivity contribution in [2.24, 2.45) is 0 Å². The van der Waals surface area contributed by atoms with E-state index in [4.69, 9.17) is 4.74 Å². The molecule has 0 aliphatic carbocycles. The second kappa shape index (κ2) is 4.75. The molecule has 78 valence electrons. The number of ether oxygens (including phenoxy) is 1. The number of nitrogens with zero attached hydrogens (tertiary/aromatic N) is 1. The summed E-state index contributed by atoms with van der Waals surface area (Å²) in [6.07, 6.45) is 0. The van der Waals surface area contributed by atoms with E-state index in [0.717, 1.165) is 26.3 Å². The molecule has 1 aromatic heterocycles. The first-order valence-corrected chi connectivity index (χ1v) is 6.42. The minimum atomic E-state index is 0.546. The highest BCUT2D eigenvalue weighted by Gasteiger charge is 2.18. The van der Waals surface area contributed by atoms with Crippen molar-refractivity contribution in [3.05, 3.63) is 20.8 Å². The number of thiophene rings is 1. The van der Waals surface area contributed by atoms with Gasteiger partial charge in [-0.25, -0.2) is 0 Å². The third-order valence-electron chi connectivity index (χ3n) is 2.49. The van der Waals surface area contributed by atoms with Crippen molar-refractivity contribution < 1.29 is 4.74 Å². The number of hydrogen-bond acceptors (Lipinski definition) is 3. The van der Waals surface area contributed by atoms with Crippen LogP contribution in [0.1, 0.15) is 11.8 Å². The monoisotopic (exact) mass is 275 g/mol. The van der Waals surface area contributed by atoms with Gasteiger partial charge in [-0.3, -0.25) is 4.90 Å². The van der Waals surface area contributed by atoms with Gasteiger partial charge in [-0.05, 0) is 35.0 Å². The summed E-state index contributed by atoms with van der Waals surface area (Å²) >= 11 is 5.30. The largest absolute Gasteiger partial charge is 0.379 e. The quantitative estimate of drug-likeness (QED) is 0.823. The van der Waals surface area contributed by atoms with Crippen LogP contribution >= 0.6 is 27.3 Å². The molecule has 0 aromatic carbocycles. The van der Waals surface area contributed by atoms with Gasteiger partial charge in [0.2, 0.25) is 0 Å². The molecular weight excluding hydrogens is 262 g/mol. The molecule has 1 aliphatic heterocycles. The first-order chi connectivity index (χ1) is 6.75. The van der Waals surface area contributed by atoms with Crippen molar-refractivity contribution in [3.8, 4) is 0 Å². The maximum atomic E-state index is 5.41. The van der Waals surface area contributed by atoms with Crippen LogP contribution in [0.5, 0.6) is 0 Å². The molecule has 2 rings (SSSR count). The molecule has 0 spiro atoms. The zero-order chi connectivity index (χ0) is 9.97. The summed E-state index contributed by atoms with van der Waals surface area (Å²) in [4.78, 5) is 3.90. The Morgan fingerprint density at radius 2 is 2.50 bits per heavy atom. The third kappa shape index (κ3) is 2.57. The molecule has 1 saturated heterocycles. The Kier molecular flexibility index (Phi) is 3.60. The van der Waals surface area contributed by atoms with E-state index in [1.54, 1.807) is 0 Å². The van der Waals surface area contributed by atoms with Crippen LogP contribution in [-0.4, -0.2) is 30.7 Å². The molecule has 1 aliphatic rings. The lowest BCUT2D eigenvalue weighted by Gasteiger charge is -2.32. The Labute approximate surface area is 97.0 Å². The van der Waals surface area contributed by atoms with E-state index in [-0.39, 0.29) is 0 Å². The Balaban J connectivity index is 1.95. The van der Waals surface area contributed by atoms with Crippen molar-refractivity contribution in [3.63, 3.8) is 0 Å². The molecule has 0 bridgehead atoms. The molecule has 2 heterocycles. The lowest BCUT2D eigenvalue weighted by molar-refractivity contribution is -0.00391. The number of morpholine rings is 1. The fourth-order valence-corrected chi connectivity index (χ4v) is 3.14. The first kappa shape index (κ1) is 10.6. The van der Waals surface area contributed by atoms with E-state index >= 15 is 0 Å². The van der Waals surface area contributed by atoms with E-state index in [9.17, 15) is 0 Å². The third-order valence-corrected chi connectivity index (χ3v) is 4.10. The van der Waals surface area contributed by atoms with E-state index in [2.05, 4.69) is 39.9 Å². The standard InChI is InChI=1S/C10H14BrNOS/c1-8-7-13-5-4-12(8)6-9-2-3-10(11)14-9/h2-3,8H,4-7H2,1H3. The van der Waals surface area contributed by atoms with Crippen LogP contribution in [0.3, 0.4) is 0 Å². The van der Waals surface area contributed by atoms with Crippen LogP contribution in [-0.2, 0) is 11.3 Å². The van der Waals surface area contributed by atoms with Gasteiger partial charge in [-0.2, -0.15) is 0 Å². The molecule has 1 fully saturated rings. The van der Waals surface area contributed by atoms with Crippen LogP contribution in [0.4, 0.5) is 0 Å². The van der Waals surface area contributed by atoms with E-state index in [1.165, 1.54) is 8.66 Å². The zero-order valence-corrected chi connectivity index (χ0v) is 10.6. The molecule has 0 amide bonds. The maximum Gasteiger partial charge on any atom is 0.0701 e. The van der Waals surface area contributed by atoms with Crippen LogP contribution in [0.2, 0.25) is 0 Å². The topological polar surface area (TPSA) is 12.5 Å². The number of hydrogen-bond donors (Lipinski definition) is 0. The highest BCUT2D eigenvalue weighted by molar-refractivity contribution is 9.11. The van der Waals surface area contributed by atoms with Crippen molar-refractivity contribution in [1.82, 2.24) is 4.90 Å². The molecule has 1 aromatic rings. The lowest BCUT2D eigenvalue weighted by atomic mass is 10.2. The molecule has 2 nitrogen and oxygen atoms in total. The van der Waals surface area contributed by atoms with Gasteiger partial charge in [0.1, 0.15) is 0 Å². The van der Waals surface area contributed by atoms with Crippen LogP contribution < -0.4 is 0 Å². The normalized spacial score (nSPS) is 24.0. The summed E-state index contributed by atoms with van der Waals surface area (Å²) in [6.45, 7) is 6.07. The minimum Gasteiger partial charge on any atom is -0.379 e. The Bertz CT molecular complexity index is 302. The maximum absolute atomic E-state index is 5.41. The van der Waals surface area contributed by atoms with Gasteiger partial charge in [0.25, 0.3) is 0 Å². The fraction of sp³-hybridized carbons (Fsp3) is 0.600. The van der Waals surface area contributed by atoms with Gasteiger partial charge in [-0.15, -0.1) is 11.3 Å². The van der Waals surface area contributed by atoms with Crippen molar-refractivity contribution in [1.29, 1.82) is 0 Å². The van der Waals surface area contributed by atoms with E-state index in [1.807, 2.05) is 11.3 Å². The minimum absolute atomic E-state index is 0.546. The average Bonchev–Trinajstić information content (AvgIpc) is 2.56. The SMILES string of the molecule is CC1COCCN1Cc1ccc(Br)s1. The summed E-state index contributed by atoms with van der Waals surface area (Å²) in [7, 11) is 0. The zero-order valence-electron chi connectivity index (χ0n) is 8.20. The van der Waals surface area contributed by atoms with Crippen molar-refractivity contribution in [2.75, 3.05) is 19.8 Å². The summed E-state index contributed by atoms with van der Waals surface area (Å²) in [5.74, 6) is 0. The molecule has 0 radical (unpaired) electrons. The highest BCUT2D eigenvalue weighted by Crippen LogP contribution is 2.24. The fourth-order valence-electron chi connectivity index (χ4n) is 1.63. The molecule has 4 heteroatoms. The molecule has 1 atom stereocenters. The Hall–Kier alpha value is 0.1000. The smallest absolute Gasteiger partial charge is 0.0701 e. The summed E-state index contributed by atoms with van der Waals surface area (Å²) in [5.41, 5.74) is 0. The highest BCUT2D eigenvalue weighted by atomic mass is 79.9. The molecule has 14 heavy (non-hydrogen) atoms. The summed E-state index contributed by atoms with van der Waals surface area (Å²) in [5, 5.41) is 0. The van der Waals surface area contributed by atoms with Gasteiger partial charge in [0.05, 0.1) is 17.0 Å². The van der Waals surface area contributed by atoms with Gasteiger partial charge in [0.15, 0.2) is 0 Å². The molecule has 1 unspecified atom stereocenters. The number of halogens is 1. The predicted octanol–water partition coefficient (Wildman–Crippen LogP) is 2.73. The van der Waals surface area contributed by atoms with Crippen LogP contribution in [0.25, 0.3) is 0 Å². The number of rotatable bonds is 2. The van der Waals surface area contributed by atoms with Gasteiger partial charge < -0.3 is 4.74 Å². The first-order valence-electron chi connectivity index (χ1n) is 4.82.